The van der Waals surface area contributed by atoms with Crippen molar-refractivity contribution < 1.29 is 0 Å². The number of aromatic nitrogens is 2. The molecule has 1 aromatic heterocycles. The molecule has 0 amide bonds. The van der Waals surface area contributed by atoms with Gasteiger partial charge >= 0.3 is 0 Å². The van der Waals surface area contributed by atoms with Crippen LogP contribution in [0, 0.1) is 6.92 Å². The first-order valence-corrected chi connectivity index (χ1v) is 4.84. The maximum absolute atomic E-state index is 5.85. The first kappa shape index (κ1) is 9.43. The van der Waals surface area contributed by atoms with Crippen LogP contribution >= 0.6 is 0 Å². The van der Waals surface area contributed by atoms with Crippen molar-refractivity contribution in [2.24, 2.45) is 12.8 Å². The van der Waals surface area contributed by atoms with Crippen LogP contribution in [0.3, 0.4) is 0 Å². The first-order valence-electron chi connectivity index (χ1n) is 4.84. The molecule has 1 atom stereocenters. The highest BCUT2D eigenvalue weighted by Crippen LogP contribution is 2.16. The lowest BCUT2D eigenvalue weighted by Crippen LogP contribution is -2.37. The second-order valence-corrected chi connectivity index (χ2v) is 3.74. The van der Waals surface area contributed by atoms with Crippen LogP contribution in [0.15, 0.2) is 12.3 Å². The van der Waals surface area contributed by atoms with E-state index >= 15 is 0 Å². The summed E-state index contributed by atoms with van der Waals surface area (Å²) in [6.07, 6.45) is 4.02. The molecular formula is C10H16N4. The summed E-state index contributed by atoms with van der Waals surface area (Å²) in [5.41, 5.74) is 8.25. The Kier molecular flexibility index (Phi) is 2.39. The van der Waals surface area contributed by atoms with Crippen molar-refractivity contribution in [3.8, 4) is 0 Å². The van der Waals surface area contributed by atoms with Gasteiger partial charge in [-0.05, 0) is 12.5 Å². The van der Waals surface area contributed by atoms with Crippen LogP contribution in [0.4, 0.5) is 0 Å². The molecule has 0 bridgehead atoms. The molecular weight excluding hydrogens is 176 g/mol. The molecule has 14 heavy (non-hydrogen) atoms. The molecule has 0 fully saturated rings. The number of hydrogen-bond acceptors (Lipinski definition) is 3. The van der Waals surface area contributed by atoms with E-state index in [1.165, 1.54) is 5.57 Å². The zero-order valence-electron chi connectivity index (χ0n) is 8.62. The predicted octanol–water partition coefficient (Wildman–Crippen LogP) is 0.0424. The molecule has 2 rings (SSSR count). The van der Waals surface area contributed by atoms with E-state index in [2.05, 4.69) is 20.9 Å². The van der Waals surface area contributed by atoms with Gasteiger partial charge in [0.2, 0.25) is 0 Å². The molecule has 1 unspecified atom stereocenters. The summed E-state index contributed by atoms with van der Waals surface area (Å²) < 4.78 is 2.09. The number of aryl methyl sites for hydroxylation is 1. The summed E-state index contributed by atoms with van der Waals surface area (Å²) in [6, 6.07) is 0.119. The van der Waals surface area contributed by atoms with Crippen molar-refractivity contribution in [3.63, 3.8) is 0 Å². The highest BCUT2D eigenvalue weighted by Gasteiger charge is 2.13. The van der Waals surface area contributed by atoms with E-state index in [-0.39, 0.29) is 6.04 Å². The van der Waals surface area contributed by atoms with Gasteiger partial charge in [0.25, 0.3) is 0 Å². The predicted molar refractivity (Wildman–Crippen MR) is 56.8 cm³/mol. The lowest BCUT2D eigenvalue weighted by atomic mass is 10.1. The molecule has 0 aliphatic carbocycles. The standard InChI is InChI=1S/C10H16N4/c1-7-13-6-10(14(7)2)8-3-9(11)5-12-4-8/h3,6,9,12H,4-5,11H2,1-2H3. The van der Waals surface area contributed by atoms with E-state index in [1.807, 2.05) is 20.2 Å². The number of hydrogen-bond donors (Lipinski definition) is 2. The van der Waals surface area contributed by atoms with E-state index in [0.717, 1.165) is 24.6 Å². The van der Waals surface area contributed by atoms with Crippen molar-refractivity contribution in [3.05, 3.63) is 23.8 Å². The Labute approximate surface area is 83.8 Å². The minimum Gasteiger partial charge on any atom is -0.332 e. The summed E-state index contributed by atoms with van der Waals surface area (Å²) in [6.45, 7) is 3.74. The molecule has 1 aliphatic rings. The van der Waals surface area contributed by atoms with Crippen LogP contribution in [0.2, 0.25) is 0 Å². The van der Waals surface area contributed by atoms with Crippen molar-refractivity contribution >= 4 is 5.57 Å². The first-order chi connectivity index (χ1) is 6.68. The van der Waals surface area contributed by atoms with Gasteiger partial charge in [0.05, 0.1) is 11.9 Å². The normalized spacial score (nSPS) is 22.2. The third kappa shape index (κ3) is 1.58. The zero-order chi connectivity index (χ0) is 10.1. The highest BCUT2D eigenvalue weighted by atomic mass is 15.1. The number of nitrogens with one attached hydrogen (secondary N) is 1. The fraction of sp³-hybridized carbons (Fsp3) is 0.500. The van der Waals surface area contributed by atoms with Crippen molar-refractivity contribution in [2.75, 3.05) is 13.1 Å². The van der Waals surface area contributed by atoms with Crippen LogP contribution in [0.1, 0.15) is 11.5 Å². The summed E-state index contributed by atoms with van der Waals surface area (Å²) in [7, 11) is 2.03. The molecule has 0 saturated carbocycles. The topological polar surface area (TPSA) is 55.9 Å². The van der Waals surface area contributed by atoms with Gasteiger partial charge in [-0.2, -0.15) is 0 Å². The number of nitrogens with two attached hydrogens (primary N) is 1. The molecule has 0 saturated heterocycles. The van der Waals surface area contributed by atoms with Gasteiger partial charge in [-0.1, -0.05) is 6.08 Å². The lowest BCUT2D eigenvalue weighted by Gasteiger charge is -2.19. The van der Waals surface area contributed by atoms with Gasteiger partial charge in [0.15, 0.2) is 0 Å². The van der Waals surface area contributed by atoms with Crippen molar-refractivity contribution in [2.45, 2.75) is 13.0 Å². The largest absolute Gasteiger partial charge is 0.332 e. The van der Waals surface area contributed by atoms with E-state index < -0.39 is 0 Å². The lowest BCUT2D eigenvalue weighted by molar-refractivity contribution is 0.659. The third-order valence-electron chi connectivity index (χ3n) is 2.66. The third-order valence-corrected chi connectivity index (χ3v) is 2.66. The highest BCUT2D eigenvalue weighted by molar-refractivity contribution is 5.65. The molecule has 2 heterocycles. The maximum Gasteiger partial charge on any atom is 0.105 e. The average molecular weight is 192 g/mol. The molecule has 4 nitrogen and oxygen atoms in total. The number of imidazole rings is 1. The minimum atomic E-state index is 0.119. The molecule has 0 aromatic carbocycles. The van der Waals surface area contributed by atoms with Crippen molar-refractivity contribution in [1.82, 2.24) is 14.9 Å². The summed E-state index contributed by atoms with van der Waals surface area (Å²) in [4.78, 5) is 4.27. The monoisotopic (exact) mass is 192 g/mol. The smallest absolute Gasteiger partial charge is 0.105 e. The van der Waals surface area contributed by atoms with E-state index in [4.69, 9.17) is 5.73 Å². The quantitative estimate of drug-likeness (QED) is 0.660. The molecule has 3 N–H and O–H groups in total. The summed E-state index contributed by atoms with van der Waals surface area (Å²) in [5.74, 6) is 1.03. The Morgan fingerprint density at radius 3 is 3.00 bits per heavy atom. The number of nitrogens with zero attached hydrogens (tertiary/aromatic N) is 2. The Bertz CT molecular complexity index is 364. The molecule has 1 aromatic rings. The zero-order valence-corrected chi connectivity index (χ0v) is 8.62. The van der Waals surface area contributed by atoms with Crippen molar-refractivity contribution in [1.29, 1.82) is 0 Å². The molecule has 4 heteroatoms. The van der Waals surface area contributed by atoms with E-state index in [1.54, 1.807) is 0 Å². The SMILES string of the molecule is Cc1ncc(C2=CC(N)CNC2)n1C. The van der Waals surface area contributed by atoms with Gasteiger partial charge in [0.1, 0.15) is 5.82 Å². The van der Waals surface area contributed by atoms with Crippen LogP contribution < -0.4 is 11.1 Å². The van der Waals surface area contributed by atoms with Gasteiger partial charge < -0.3 is 15.6 Å². The Hall–Kier alpha value is -1.13. The second-order valence-electron chi connectivity index (χ2n) is 3.74. The Morgan fingerprint density at radius 2 is 2.43 bits per heavy atom. The Morgan fingerprint density at radius 1 is 1.64 bits per heavy atom. The summed E-state index contributed by atoms with van der Waals surface area (Å²) >= 11 is 0. The molecule has 76 valence electrons. The number of rotatable bonds is 1. The van der Waals surface area contributed by atoms with Crippen LogP contribution in [0.25, 0.3) is 5.57 Å². The van der Waals surface area contributed by atoms with Gasteiger partial charge in [-0.3, -0.25) is 0 Å². The van der Waals surface area contributed by atoms with Crippen LogP contribution in [-0.2, 0) is 7.05 Å². The summed E-state index contributed by atoms with van der Waals surface area (Å²) in [5, 5.41) is 3.29. The Balaban J connectivity index is 2.35. The fourth-order valence-electron chi connectivity index (χ4n) is 1.73. The van der Waals surface area contributed by atoms with Gasteiger partial charge in [-0.25, -0.2) is 4.98 Å². The van der Waals surface area contributed by atoms with Crippen LogP contribution in [0.5, 0.6) is 0 Å². The second kappa shape index (κ2) is 3.55. The van der Waals surface area contributed by atoms with Crippen LogP contribution in [-0.4, -0.2) is 28.7 Å². The maximum atomic E-state index is 5.85. The van der Waals surface area contributed by atoms with E-state index in [0.29, 0.717) is 0 Å². The molecule has 1 aliphatic heterocycles. The molecule has 0 spiro atoms. The average Bonchev–Trinajstić information content (AvgIpc) is 2.48. The molecule has 0 radical (unpaired) electrons. The fourth-order valence-corrected chi connectivity index (χ4v) is 1.73. The van der Waals surface area contributed by atoms with Gasteiger partial charge in [0, 0.05) is 26.2 Å². The van der Waals surface area contributed by atoms with E-state index in [9.17, 15) is 0 Å². The van der Waals surface area contributed by atoms with Gasteiger partial charge in [-0.15, -0.1) is 0 Å². The minimum absolute atomic E-state index is 0.119.